The lowest BCUT2D eigenvalue weighted by Crippen LogP contribution is -2.43. The number of H-pyrrole nitrogens is 1. The molecule has 0 spiro atoms. The number of ether oxygens (including phenoxy) is 1. The van der Waals surface area contributed by atoms with Crippen molar-refractivity contribution in [3.05, 3.63) is 18.2 Å². The van der Waals surface area contributed by atoms with E-state index in [1.807, 2.05) is 6.92 Å². The summed E-state index contributed by atoms with van der Waals surface area (Å²) in [5.74, 6) is -0.476. The van der Waals surface area contributed by atoms with Crippen LogP contribution in [0.1, 0.15) is 77.3 Å². The Labute approximate surface area is 151 Å². The van der Waals surface area contributed by atoms with Crippen molar-refractivity contribution in [3.63, 3.8) is 0 Å². The lowest BCUT2D eigenvalue weighted by atomic mass is 10.1. The van der Waals surface area contributed by atoms with Crippen molar-refractivity contribution in [3.8, 4) is 0 Å². The largest absolute Gasteiger partial charge is 0.464 e. The number of nitrogens with one attached hydrogen (secondary N) is 2. The van der Waals surface area contributed by atoms with Crippen molar-refractivity contribution >= 4 is 11.9 Å². The first-order valence-corrected chi connectivity index (χ1v) is 9.60. The summed E-state index contributed by atoms with van der Waals surface area (Å²) >= 11 is 0. The molecule has 0 bridgehead atoms. The van der Waals surface area contributed by atoms with Gasteiger partial charge in [-0.15, -0.1) is 0 Å². The Kier molecular flexibility index (Phi) is 11.4. The van der Waals surface area contributed by atoms with E-state index in [2.05, 4.69) is 22.2 Å². The monoisotopic (exact) mass is 351 g/mol. The van der Waals surface area contributed by atoms with Crippen LogP contribution in [0.25, 0.3) is 0 Å². The minimum atomic E-state index is -0.663. The Bertz CT molecular complexity index is 474. The van der Waals surface area contributed by atoms with Gasteiger partial charge in [-0.1, -0.05) is 52.4 Å². The van der Waals surface area contributed by atoms with Gasteiger partial charge in [0.1, 0.15) is 6.04 Å². The summed E-state index contributed by atoms with van der Waals surface area (Å²) in [5, 5.41) is 2.81. The second kappa shape index (κ2) is 13.4. The maximum Gasteiger partial charge on any atom is 0.329 e. The van der Waals surface area contributed by atoms with Crippen LogP contribution < -0.4 is 5.32 Å². The molecule has 1 atom stereocenters. The van der Waals surface area contributed by atoms with Gasteiger partial charge in [-0.25, -0.2) is 9.78 Å². The maximum atomic E-state index is 12.2. The average Bonchev–Trinajstić information content (AvgIpc) is 3.11. The van der Waals surface area contributed by atoms with E-state index in [1.54, 1.807) is 12.5 Å². The van der Waals surface area contributed by atoms with Gasteiger partial charge >= 0.3 is 5.97 Å². The molecular formula is C19H33N3O3. The minimum absolute atomic E-state index is 0.0912. The number of imidazole rings is 1. The van der Waals surface area contributed by atoms with Crippen LogP contribution in [0.3, 0.4) is 0 Å². The third-order valence-electron chi connectivity index (χ3n) is 4.05. The highest BCUT2D eigenvalue weighted by molar-refractivity contribution is 5.84. The summed E-state index contributed by atoms with van der Waals surface area (Å²) in [6.45, 7) is 4.51. The van der Waals surface area contributed by atoms with Crippen LogP contribution in [0.4, 0.5) is 0 Å². The Morgan fingerprint density at radius 2 is 1.84 bits per heavy atom. The fraction of sp³-hybridized carbons (Fsp3) is 0.737. The minimum Gasteiger partial charge on any atom is -0.464 e. The van der Waals surface area contributed by atoms with Crippen molar-refractivity contribution in [2.24, 2.45) is 0 Å². The van der Waals surface area contributed by atoms with Crippen LogP contribution in [0.2, 0.25) is 0 Å². The van der Waals surface area contributed by atoms with Gasteiger partial charge in [-0.2, -0.15) is 0 Å². The lowest BCUT2D eigenvalue weighted by molar-refractivity contribution is -0.147. The van der Waals surface area contributed by atoms with E-state index in [0.717, 1.165) is 25.0 Å². The van der Waals surface area contributed by atoms with Gasteiger partial charge in [0.25, 0.3) is 0 Å². The van der Waals surface area contributed by atoms with Crippen LogP contribution in [-0.2, 0) is 20.7 Å². The Morgan fingerprint density at radius 1 is 1.12 bits per heavy atom. The average molecular weight is 351 g/mol. The number of hydrogen-bond acceptors (Lipinski definition) is 4. The third-order valence-corrected chi connectivity index (χ3v) is 4.05. The van der Waals surface area contributed by atoms with Gasteiger partial charge in [0.05, 0.1) is 12.9 Å². The number of unbranched alkanes of at least 4 members (excludes halogenated alkanes) is 6. The zero-order valence-electron chi connectivity index (χ0n) is 15.7. The van der Waals surface area contributed by atoms with Gasteiger partial charge in [0.2, 0.25) is 5.91 Å². The molecule has 1 heterocycles. The van der Waals surface area contributed by atoms with Crippen LogP contribution >= 0.6 is 0 Å². The molecule has 0 saturated heterocycles. The van der Waals surface area contributed by atoms with Gasteiger partial charge in [0.15, 0.2) is 0 Å². The summed E-state index contributed by atoms with van der Waals surface area (Å²) in [7, 11) is 0. The molecule has 25 heavy (non-hydrogen) atoms. The first-order chi connectivity index (χ1) is 12.2. The third kappa shape index (κ3) is 9.89. The van der Waals surface area contributed by atoms with E-state index in [0.29, 0.717) is 19.4 Å². The van der Waals surface area contributed by atoms with Gasteiger partial charge in [0, 0.05) is 24.7 Å². The summed E-state index contributed by atoms with van der Waals surface area (Å²) in [5.41, 5.74) is 0.801. The van der Waals surface area contributed by atoms with E-state index >= 15 is 0 Å². The number of carbonyl (C=O) groups is 2. The molecule has 0 aliphatic heterocycles. The summed E-state index contributed by atoms with van der Waals surface area (Å²) < 4.78 is 5.20. The van der Waals surface area contributed by atoms with Crippen molar-refractivity contribution in [1.82, 2.24) is 15.3 Å². The zero-order valence-corrected chi connectivity index (χ0v) is 15.7. The molecule has 2 N–H and O–H groups in total. The topological polar surface area (TPSA) is 84.1 Å². The van der Waals surface area contributed by atoms with Crippen molar-refractivity contribution < 1.29 is 14.3 Å². The van der Waals surface area contributed by atoms with Gasteiger partial charge in [-0.3, -0.25) is 4.79 Å². The molecule has 0 radical (unpaired) electrons. The molecule has 142 valence electrons. The van der Waals surface area contributed by atoms with E-state index < -0.39 is 6.04 Å². The zero-order chi connectivity index (χ0) is 18.3. The summed E-state index contributed by atoms with van der Waals surface area (Å²) in [4.78, 5) is 31.2. The number of nitrogens with zero attached hydrogens (tertiary/aromatic N) is 1. The number of aromatic amines is 1. The van der Waals surface area contributed by atoms with Crippen LogP contribution in [-0.4, -0.2) is 34.5 Å². The Hall–Kier alpha value is -1.85. The van der Waals surface area contributed by atoms with E-state index in [-0.39, 0.29) is 11.9 Å². The number of aromatic nitrogens is 2. The highest BCUT2D eigenvalue weighted by Crippen LogP contribution is 2.09. The van der Waals surface area contributed by atoms with E-state index in [4.69, 9.17) is 4.74 Å². The Morgan fingerprint density at radius 3 is 2.48 bits per heavy atom. The molecule has 1 aromatic heterocycles. The molecule has 1 rings (SSSR count). The standard InChI is InChI=1S/C19H33N3O3/c1-3-5-6-7-8-9-10-11-18(23)22-17(19(24)25-12-4-2)13-16-14-20-15-21-16/h14-15,17H,3-13H2,1-2H3,(H,20,21)(H,22,23)/t17-/m0/s1. The quantitative estimate of drug-likeness (QED) is 0.397. The van der Waals surface area contributed by atoms with Crippen molar-refractivity contribution in [2.45, 2.75) is 84.1 Å². The van der Waals surface area contributed by atoms with Crippen molar-refractivity contribution in [2.75, 3.05) is 6.61 Å². The number of esters is 1. The lowest BCUT2D eigenvalue weighted by Gasteiger charge is -2.17. The fourth-order valence-corrected chi connectivity index (χ4v) is 2.62. The van der Waals surface area contributed by atoms with E-state index in [1.165, 1.54) is 32.1 Å². The van der Waals surface area contributed by atoms with Crippen molar-refractivity contribution in [1.29, 1.82) is 0 Å². The number of hydrogen-bond donors (Lipinski definition) is 2. The number of amides is 1. The number of rotatable bonds is 14. The first kappa shape index (κ1) is 21.2. The molecule has 1 aromatic rings. The molecule has 0 aliphatic carbocycles. The molecule has 1 amide bonds. The summed E-state index contributed by atoms with van der Waals surface area (Å²) in [6.07, 6.45) is 12.9. The van der Waals surface area contributed by atoms with Crippen LogP contribution in [0.5, 0.6) is 0 Å². The van der Waals surface area contributed by atoms with Crippen LogP contribution in [0.15, 0.2) is 12.5 Å². The van der Waals surface area contributed by atoms with Gasteiger partial charge < -0.3 is 15.0 Å². The Balaban J connectivity index is 2.34. The van der Waals surface area contributed by atoms with E-state index in [9.17, 15) is 9.59 Å². The SMILES string of the molecule is CCCCCCCCCC(=O)N[C@@H](Cc1cnc[nH]1)C(=O)OCCC. The second-order valence-corrected chi connectivity index (χ2v) is 6.44. The van der Waals surface area contributed by atoms with Gasteiger partial charge in [-0.05, 0) is 12.8 Å². The molecule has 0 unspecified atom stereocenters. The number of carbonyl (C=O) groups excluding carboxylic acids is 2. The van der Waals surface area contributed by atoms with Crippen LogP contribution in [0, 0.1) is 0 Å². The highest BCUT2D eigenvalue weighted by atomic mass is 16.5. The molecule has 0 aromatic carbocycles. The predicted molar refractivity (Wildman–Crippen MR) is 98.1 cm³/mol. The molecule has 6 heteroatoms. The smallest absolute Gasteiger partial charge is 0.329 e. The fourth-order valence-electron chi connectivity index (χ4n) is 2.62. The molecular weight excluding hydrogens is 318 g/mol. The summed E-state index contributed by atoms with van der Waals surface area (Å²) in [6, 6.07) is -0.663. The maximum absolute atomic E-state index is 12.2. The molecule has 0 aliphatic rings. The first-order valence-electron chi connectivity index (χ1n) is 9.60. The highest BCUT2D eigenvalue weighted by Gasteiger charge is 2.23. The molecule has 6 nitrogen and oxygen atoms in total. The normalized spacial score (nSPS) is 11.9. The second-order valence-electron chi connectivity index (χ2n) is 6.44. The molecule has 0 fully saturated rings. The predicted octanol–water partition coefficient (Wildman–Crippen LogP) is 3.53. The molecule has 0 saturated carbocycles.